The molecule has 0 N–H and O–H groups in total. The van der Waals surface area contributed by atoms with Gasteiger partial charge in [-0.05, 0) is 19.1 Å². The summed E-state index contributed by atoms with van der Waals surface area (Å²) < 4.78 is 0. The Balaban J connectivity index is 0.000000245. The van der Waals surface area contributed by atoms with E-state index in [1.54, 1.807) is 0 Å². The van der Waals surface area contributed by atoms with Gasteiger partial charge in [0.2, 0.25) is 0 Å². The number of benzene rings is 2. The summed E-state index contributed by atoms with van der Waals surface area (Å²) in [6.07, 6.45) is 0. The molecule has 0 radical (unpaired) electrons. The van der Waals surface area contributed by atoms with Crippen LogP contribution in [0, 0.1) is 6.92 Å². The molecule has 0 amide bonds. The van der Waals surface area contributed by atoms with Crippen molar-refractivity contribution in [2.75, 3.05) is 0 Å². The maximum absolute atomic E-state index is 4.08. The SMILES string of the molecule is Cc1ccccc1.Sc1ccccc1.[NaH]. The van der Waals surface area contributed by atoms with E-state index in [1.165, 1.54) is 5.56 Å². The number of thiol groups is 1. The van der Waals surface area contributed by atoms with E-state index < -0.39 is 0 Å². The summed E-state index contributed by atoms with van der Waals surface area (Å²) in [7, 11) is 0. The van der Waals surface area contributed by atoms with E-state index in [9.17, 15) is 0 Å². The van der Waals surface area contributed by atoms with Gasteiger partial charge in [0.15, 0.2) is 0 Å². The van der Waals surface area contributed by atoms with Crippen molar-refractivity contribution >= 4 is 42.2 Å². The summed E-state index contributed by atoms with van der Waals surface area (Å²) in [5.74, 6) is 0. The van der Waals surface area contributed by atoms with Crippen molar-refractivity contribution in [1.82, 2.24) is 0 Å². The van der Waals surface area contributed by atoms with Gasteiger partial charge in [0.05, 0.1) is 0 Å². The van der Waals surface area contributed by atoms with Gasteiger partial charge in [0.25, 0.3) is 0 Å². The number of rotatable bonds is 0. The fourth-order valence-electron chi connectivity index (χ4n) is 0.962. The molecule has 0 bridgehead atoms. The van der Waals surface area contributed by atoms with Crippen LogP contribution in [0.5, 0.6) is 0 Å². The Morgan fingerprint density at radius 3 is 1.33 bits per heavy atom. The molecule has 0 aromatic heterocycles. The third kappa shape index (κ3) is 7.69. The van der Waals surface area contributed by atoms with E-state index in [1.807, 2.05) is 48.5 Å². The average molecular weight is 226 g/mol. The second kappa shape index (κ2) is 9.05. The Morgan fingerprint density at radius 1 is 0.733 bits per heavy atom. The Bertz CT molecular complexity index is 308. The fraction of sp³-hybridized carbons (Fsp3) is 0.0769. The van der Waals surface area contributed by atoms with Crippen LogP contribution in [-0.4, -0.2) is 29.6 Å². The quantitative estimate of drug-likeness (QED) is 0.517. The van der Waals surface area contributed by atoms with Crippen LogP contribution < -0.4 is 0 Å². The van der Waals surface area contributed by atoms with E-state index in [0.29, 0.717) is 0 Å². The predicted molar refractivity (Wildman–Crippen MR) is 72.0 cm³/mol. The molecule has 0 spiro atoms. The molecular formula is C13H15NaS. The van der Waals surface area contributed by atoms with Gasteiger partial charge in [-0.25, -0.2) is 0 Å². The standard InChI is InChI=1S/C7H8.C6H6S.Na.H/c1-7-5-3-2-4-6-7;7-6-4-2-1-3-5-6;;/h2-6H,1H3;1-5,7H;;. The van der Waals surface area contributed by atoms with Crippen molar-refractivity contribution in [1.29, 1.82) is 0 Å². The topological polar surface area (TPSA) is 0 Å². The van der Waals surface area contributed by atoms with Crippen LogP contribution in [0.3, 0.4) is 0 Å². The molecule has 0 saturated carbocycles. The van der Waals surface area contributed by atoms with Crippen molar-refractivity contribution in [2.24, 2.45) is 0 Å². The molecule has 0 unspecified atom stereocenters. The molecule has 0 heterocycles. The van der Waals surface area contributed by atoms with Crippen LogP contribution >= 0.6 is 12.6 Å². The molecule has 2 aromatic carbocycles. The van der Waals surface area contributed by atoms with Crippen molar-refractivity contribution in [3.8, 4) is 0 Å². The van der Waals surface area contributed by atoms with Crippen LogP contribution in [0.1, 0.15) is 5.56 Å². The molecule has 0 saturated heterocycles. The van der Waals surface area contributed by atoms with Gasteiger partial charge >= 0.3 is 29.6 Å². The zero-order valence-electron chi connectivity index (χ0n) is 8.22. The molecule has 2 rings (SSSR count). The maximum atomic E-state index is 4.08. The van der Waals surface area contributed by atoms with Gasteiger partial charge in [0.1, 0.15) is 0 Å². The van der Waals surface area contributed by atoms with Gasteiger partial charge in [-0.2, -0.15) is 0 Å². The average Bonchev–Trinajstić information content (AvgIpc) is 2.21. The Labute approximate surface area is 119 Å². The summed E-state index contributed by atoms with van der Waals surface area (Å²) in [4.78, 5) is 1.02. The first-order valence-electron chi connectivity index (χ1n) is 4.54. The van der Waals surface area contributed by atoms with Gasteiger partial charge in [-0.15, -0.1) is 12.6 Å². The molecule has 2 heteroatoms. The summed E-state index contributed by atoms with van der Waals surface area (Å²) in [5.41, 5.74) is 1.32. The summed E-state index contributed by atoms with van der Waals surface area (Å²) in [5, 5.41) is 0. The zero-order chi connectivity index (χ0) is 10.2. The molecule has 74 valence electrons. The van der Waals surface area contributed by atoms with Crippen LogP contribution in [0.25, 0.3) is 0 Å². The van der Waals surface area contributed by atoms with E-state index in [0.717, 1.165) is 4.90 Å². The fourth-order valence-corrected chi connectivity index (χ4v) is 1.13. The van der Waals surface area contributed by atoms with E-state index in [4.69, 9.17) is 0 Å². The second-order valence-electron chi connectivity index (χ2n) is 2.99. The van der Waals surface area contributed by atoms with Gasteiger partial charge in [-0.1, -0.05) is 54.1 Å². The Hall–Kier alpha value is -0.210. The van der Waals surface area contributed by atoms with Crippen LogP contribution in [-0.2, 0) is 0 Å². The molecule has 0 aliphatic heterocycles. The minimum absolute atomic E-state index is 0. The van der Waals surface area contributed by atoms with E-state index in [-0.39, 0.29) is 29.6 Å². The van der Waals surface area contributed by atoms with Crippen LogP contribution in [0.15, 0.2) is 65.6 Å². The Kier molecular flexibility index (Phi) is 8.92. The third-order valence-electron chi connectivity index (χ3n) is 1.70. The van der Waals surface area contributed by atoms with Crippen molar-refractivity contribution in [3.05, 3.63) is 66.2 Å². The summed E-state index contributed by atoms with van der Waals surface area (Å²) >= 11 is 4.08. The molecular weight excluding hydrogens is 211 g/mol. The second-order valence-corrected chi connectivity index (χ2v) is 3.51. The van der Waals surface area contributed by atoms with Crippen molar-refractivity contribution in [2.45, 2.75) is 11.8 Å². The van der Waals surface area contributed by atoms with Crippen LogP contribution in [0.4, 0.5) is 0 Å². The molecule has 15 heavy (non-hydrogen) atoms. The molecule has 0 nitrogen and oxygen atoms in total. The van der Waals surface area contributed by atoms with Crippen molar-refractivity contribution < 1.29 is 0 Å². The first-order chi connectivity index (χ1) is 6.79. The van der Waals surface area contributed by atoms with E-state index >= 15 is 0 Å². The number of hydrogen-bond donors (Lipinski definition) is 1. The number of hydrogen-bond acceptors (Lipinski definition) is 1. The van der Waals surface area contributed by atoms with Crippen LogP contribution in [0.2, 0.25) is 0 Å². The van der Waals surface area contributed by atoms with Gasteiger partial charge in [0, 0.05) is 4.90 Å². The van der Waals surface area contributed by atoms with Crippen molar-refractivity contribution in [3.63, 3.8) is 0 Å². The predicted octanol–water partition coefficient (Wildman–Crippen LogP) is 3.32. The molecule has 2 aromatic rings. The Morgan fingerprint density at radius 2 is 1.13 bits per heavy atom. The first kappa shape index (κ1) is 14.8. The third-order valence-corrected chi connectivity index (χ3v) is 1.99. The monoisotopic (exact) mass is 226 g/mol. The molecule has 0 aliphatic carbocycles. The molecule has 0 aliphatic rings. The molecule has 0 fully saturated rings. The summed E-state index contributed by atoms with van der Waals surface area (Å²) in [6, 6.07) is 20.0. The number of aryl methyl sites for hydroxylation is 1. The minimum atomic E-state index is 0. The van der Waals surface area contributed by atoms with Gasteiger partial charge < -0.3 is 0 Å². The zero-order valence-corrected chi connectivity index (χ0v) is 9.12. The van der Waals surface area contributed by atoms with Gasteiger partial charge in [-0.3, -0.25) is 0 Å². The first-order valence-corrected chi connectivity index (χ1v) is 4.99. The normalized spacial score (nSPS) is 8.13. The summed E-state index contributed by atoms with van der Waals surface area (Å²) in [6.45, 7) is 2.08. The van der Waals surface area contributed by atoms with E-state index in [2.05, 4.69) is 31.7 Å². The molecule has 0 atom stereocenters.